The molecule has 3 rings (SSSR count). The normalized spacial score (nSPS) is 20.0. The van der Waals surface area contributed by atoms with Crippen LogP contribution in [0.15, 0.2) is 0 Å². The number of carbonyl (C=O) groups is 2. The molecular weight excluding hydrogens is 318 g/mol. The van der Waals surface area contributed by atoms with Crippen molar-refractivity contribution in [3.63, 3.8) is 0 Å². The highest BCUT2D eigenvalue weighted by atomic mass is 16.2. The van der Waals surface area contributed by atoms with Crippen molar-refractivity contribution in [2.45, 2.75) is 70.3 Å². The minimum Gasteiger partial charge on any atom is -0.335 e. The third kappa shape index (κ3) is 4.06. The van der Waals surface area contributed by atoms with Gasteiger partial charge in [0.25, 0.3) is 0 Å². The Morgan fingerprint density at radius 3 is 2.60 bits per heavy atom. The van der Waals surface area contributed by atoms with Crippen LogP contribution in [0.4, 0.5) is 0 Å². The summed E-state index contributed by atoms with van der Waals surface area (Å²) in [5, 5.41) is 17.9. The first kappa shape index (κ1) is 17.6. The molecule has 0 radical (unpaired) electrons. The molecule has 134 valence electrons. The van der Waals surface area contributed by atoms with Gasteiger partial charge in [-0.1, -0.05) is 19.3 Å². The number of amides is 1. The summed E-state index contributed by atoms with van der Waals surface area (Å²) >= 11 is 0. The van der Waals surface area contributed by atoms with E-state index in [9.17, 15) is 14.9 Å². The zero-order valence-corrected chi connectivity index (χ0v) is 14.6. The fourth-order valence-electron chi connectivity index (χ4n) is 3.66. The number of fused-ring (bicyclic) bond motifs is 1. The Kier molecular flexibility index (Phi) is 5.79. The average molecular weight is 343 g/mol. The van der Waals surface area contributed by atoms with Crippen molar-refractivity contribution in [2.75, 3.05) is 13.1 Å². The highest BCUT2D eigenvalue weighted by Gasteiger charge is 2.30. The summed E-state index contributed by atoms with van der Waals surface area (Å²) in [4.78, 5) is 26.6. The van der Waals surface area contributed by atoms with Crippen LogP contribution in [0, 0.1) is 11.3 Å². The average Bonchev–Trinajstić information content (AvgIpc) is 2.84. The molecule has 25 heavy (non-hydrogen) atoms. The zero-order chi connectivity index (χ0) is 17.6. The van der Waals surface area contributed by atoms with Crippen molar-refractivity contribution in [3.8, 4) is 6.07 Å². The van der Waals surface area contributed by atoms with E-state index in [1.807, 2.05) is 4.57 Å². The van der Waals surface area contributed by atoms with Gasteiger partial charge in [0.1, 0.15) is 5.82 Å². The van der Waals surface area contributed by atoms with Gasteiger partial charge < -0.3 is 9.47 Å². The molecule has 7 heteroatoms. The van der Waals surface area contributed by atoms with Crippen molar-refractivity contribution in [3.05, 3.63) is 11.6 Å². The van der Waals surface area contributed by atoms with Crippen LogP contribution in [0.1, 0.15) is 68.9 Å². The second-order valence-corrected chi connectivity index (χ2v) is 6.94. The Balaban J connectivity index is 1.74. The molecule has 1 atom stereocenters. The van der Waals surface area contributed by atoms with Crippen LogP contribution in [0.2, 0.25) is 0 Å². The Labute approximate surface area is 148 Å². The van der Waals surface area contributed by atoms with E-state index in [4.69, 9.17) is 0 Å². The number of rotatable bonds is 4. The van der Waals surface area contributed by atoms with Gasteiger partial charge in [-0.2, -0.15) is 5.26 Å². The smallest absolute Gasteiger partial charge is 0.222 e. The third-order valence-electron chi connectivity index (χ3n) is 5.12. The van der Waals surface area contributed by atoms with Gasteiger partial charge in [-0.15, -0.1) is 10.2 Å². The molecule has 3 heterocycles. The first-order valence-electron chi connectivity index (χ1n) is 9.33. The van der Waals surface area contributed by atoms with E-state index in [2.05, 4.69) is 16.3 Å². The number of carbonyl (C=O) groups excluding carboxylic acids is 2. The lowest BCUT2D eigenvalue weighted by atomic mass is 10.0. The van der Waals surface area contributed by atoms with Crippen molar-refractivity contribution in [1.29, 1.82) is 5.26 Å². The molecule has 1 aromatic heterocycles. The predicted octanol–water partition coefficient (Wildman–Crippen LogP) is 1.97. The zero-order valence-electron chi connectivity index (χ0n) is 14.6. The van der Waals surface area contributed by atoms with Gasteiger partial charge in [0, 0.05) is 25.9 Å². The van der Waals surface area contributed by atoms with Gasteiger partial charge in [0.05, 0.1) is 12.6 Å². The fraction of sp³-hybridized carbons (Fsp3) is 0.722. The molecule has 1 aromatic rings. The molecule has 1 amide bonds. The molecule has 0 aromatic carbocycles. The molecule has 0 bridgehead atoms. The molecule has 2 aliphatic heterocycles. The SMILES string of the molecule is N#C[C@@H](C(=O)CN1CCCCCCC1=O)c1nnc2n1CCCCC2. The molecule has 1 fully saturated rings. The summed E-state index contributed by atoms with van der Waals surface area (Å²) in [6.45, 7) is 1.35. The number of hydrogen-bond donors (Lipinski definition) is 0. The highest BCUT2D eigenvalue weighted by molar-refractivity contribution is 5.92. The molecule has 0 saturated carbocycles. The van der Waals surface area contributed by atoms with E-state index in [0.29, 0.717) is 18.8 Å². The predicted molar refractivity (Wildman–Crippen MR) is 90.6 cm³/mol. The second kappa shape index (κ2) is 8.24. The third-order valence-corrected chi connectivity index (χ3v) is 5.12. The van der Waals surface area contributed by atoms with Crippen LogP contribution < -0.4 is 0 Å². The number of Topliss-reactive ketones (excluding diaryl/α,β-unsaturated/α-hetero) is 1. The number of nitrogens with zero attached hydrogens (tertiary/aromatic N) is 5. The summed E-state index contributed by atoms with van der Waals surface area (Å²) in [5.41, 5.74) is 0. The lowest BCUT2D eigenvalue weighted by Gasteiger charge is -2.25. The molecule has 0 N–H and O–H groups in total. The molecule has 0 spiro atoms. The minimum absolute atomic E-state index is 0.000741. The van der Waals surface area contributed by atoms with Crippen LogP contribution in [-0.4, -0.2) is 44.4 Å². The number of nitriles is 1. The Morgan fingerprint density at radius 2 is 1.76 bits per heavy atom. The summed E-state index contributed by atoms with van der Waals surface area (Å²) in [7, 11) is 0. The molecule has 2 aliphatic rings. The molecule has 7 nitrogen and oxygen atoms in total. The summed E-state index contributed by atoms with van der Waals surface area (Å²) < 4.78 is 1.94. The van der Waals surface area contributed by atoms with Gasteiger partial charge >= 0.3 is 0 Å². The standard InChI is InChI=1S/C18H25N5O2/c19-12-14(18-21-20-16-8-4-3-7-11-23(16)18)15(24)13-22-10-6-2-1-5-9-17(22)25/h14H,1-11,13H2/t14-/m0/s1. The van der Waals surface area contributed by atoms with Gasteiger partial charge in [0.2, 0.25) is 5.91 Å². The number of aryl methyl sites for hydroxylation is 1. The number of hydrogen-bond acceptors (Lipinski definition) is 5. The molecule has 0 unspecified atom stereocenters. The van der Waals surface area contributed by atoms with Gasteiger partial charge in [-0.25, -0.2) is 0 Å². The van der Waals surface area contributed by atoms with Crippen molar-refractivity contribution in [1.82, 2.24) is 19.7 Å². The first-order valence-corrected chi connectivity index (χ1v) is 9.33. The van der Waals surface area contributed by atoms with E-state index in [-0.39, 0.29) is 18.2 Å². The highest BCUT2D eigenvalue weighted by Crippen LogP contribution is 2.21. The van der Waals surface area contributed by atoms with Gasteiger partial charge in [-0.05, 0) is 25.7 Å². The van der Waals surface area contributed by atoms with Crippen LogP contribution in [0.5, 0.6) is 0 Å². The minimum atomic E-state index is -0.947. The number of aromatic nitrogens is 3. The maximum absolute atomic E-state index is 12.8. The monoisotopic (exact) mass is 343 g/mol. The van der Waals surface area contributed by atoms with E-state index in [1.165, 1.54) is 0 Å². The Morgan fingerprint density at radius 1 is 1.04 bits per heavy atom. The lowest BCUT2D eigenvalue weighted by molar-refractivity contribution is -0.136. The summed E-state index contributed by atoms with van der Waals surface area (Å²) in [6.07, 6.45) is 8.46. The van der Waals surface area contributed by atoms with Crippen molar-refractivity contribution in [2.24, 2.45) is 0 Å². The molecule has 1 saturated heterocycles. The molecule has 0 aliphatic carbocycles. The van der Waals surface area contributed by atoms with Crippen LogP contribution in [0.25, 0.3) is 0 Å². The summed E-state index contributed by atoms with van der Waals surface area (Å²) in [5.74, 6) is 0.130. The lowest BCUT2D eigenvalue weighted by Crippen LogP contribution is -2.39. The summed E-state index contributed by atoms with van der Waals surface area (Å²) in [6, 6.07) is 2.10. The van der Waals surface area contributed by atoms with E-state index < -0.39 is 5.92 Å². The van der Waals surface area contributed by atoms with Gasteiger partial charge in [-0.3, -0.25) is 9.59 Å². The van der Waals surface area contributed by atoms with E-state index in [1.54, 1.807) is 4.90 Å². The second-order valence-electron chi connectivity index (χ2n) is 6.94. The Bertz CT molecular complexity index is 675. The number of ketones is 1. The van der Waals surface area contributed by atoms with Crippen molar-refractivity contribution >= 4 is 11.7 Å². The van der Waals surface area contributed by atoms with Crippen LogP contribution >= 0.6 is 0 Å². The quantitative estimate of drug-likeness (QED) is 0.833. The number of likely N-dealkylation sites (tertiary alicyclic amines) is 1. The van der Waals surface area contributed by atoms with Crippen LogP contribution in [-0.2, 0) is 22.6 Å². The Hall–Kier alpha value is -2.23. The van der Waals surface area contributed by atoms with Crippen LogP contribution in [0.3, 0.4) is 0 Å². The topological polar surface area (TPSA) is 91.9 Å². The van der Waals surface area contributed by atoms with E-state index in [0.717, 1.165) is 63.7 Å². The fourth-order valence-corrected chi connectivity index (χ4v) is 3.66. The van der Waals surface area contributed by atoms with Gasteiger partial charge in [0.15, 0.2) is 17.5 Å². The first-order chi connectivity index (χ1) is 12.2. The van der Waals surface area contributed by atoms with E-state index >= 15 is 0 Å². The maximum Gasteiger partial charge on any atom is 0.222 e. The largest absolute Gasteiger partial charge is 0.335 e. The molecular formula is C18H25N5O2. The maximum atomic E-state index is 12.8. The van der Waals surface area contributed by atoms with Crippen molar-refractivity contribution < 1.29 is 9.59 Å².